The summed E-state index contributed by atoms with van der Waals surface area (Å²) in [6.45, 7) is 0. The number of hydrogen-bond acceptors (Lipinski definition) is 3. The normalized spacial score (nSPS) is 11.0. The minimum Gasteiger partial charge on any atom is -0.322 e. The highest BCUT2D eigenvalue weighted by molar-refractivity contribution is 9.10. The van der Waals surface area contributed by atoms with Gasteiger partial charge in [-0.3, -0.25) is 9.52 Å². The Kier molecular flexibility index (Phi) is 5.10. The third-order valence-electron chi connectivity index (χ3n) is 2.63. The molecule has 0 aliphatic carbocycles. The fraction of sp³-hybridized carbons (Fsp3) is 0.0714. The molecule has 2 aromatic rings. The molecule has 0 aliphatic rings. The van der Waals surface area contributed by atoms with Gasteiger partial charge >= 0.3 is 0 Å². The second kappa shape index (κ2) is 6.68. The molecule has 8 heteroatoms. The van der Waals surface area contributed by atoms with Crippen molar-refractivity contribution in [2.24, 2.45) is 0 Å². The van der Waals surface area contributed by atoms with E-state index < -0.39 is 10.0 Å². The number of rotatable bonds is 4. The van der Waals surface area contributed by atoms with Crippen LogP contribution in [0.15, 0.2) is 46.9 Å². The molecule has 2 rings (SSSR count). The molecule has 22 heavy (non-hydrogen) atoms. The van der Waals surface area contributed by atoms with E-state index >= 15 is 0 Å². The summed E-state index contributed by atoms with van der Waals surface area (Å²) in [5, 5.41) is 3.20. The average molecular weight is 404 g/mol. The van der Waals surface area contributed by atoms with Gasteiger partial charge in [0, 0.05) is 21.4 Å². The first-order valence-electron chi connectivity index (χ1n) is 6.09. The van der Waals surface area contributed by atoms with Crippen molar-refractivity contribution in [3.05, 3.63) is 57.5 Å². The lowest BCUT2D eigenvalue weighted by Crippen LogP contribution is -2.13. The molecule has 0 heterocycles. The van der Waals surface area contributed by atoms with E-state index in [9.17, 15) is 13.2 Å². The van der Waals surface area contributed by atoms with Crippen LogP contribution < -0.4 is 10.0 Å². The van der Waals surface area contributed by atoms with E-state index in [1.807, 2.05) is 0 Å². The van der Waals surface area contributed by atoms with Crippen molar-refractivity contribution in [1.29, 1.82) is 0 Å². The predicted molar refractivity (Wildman–Crippen MR) is 92.0 cm³/mol. The number of sulfonamides is 1. The molecular formula is C14H12BrClN2O3S. The number of carbonyl (C=O) groups excluding carboxylic acids is 1. The maximum absolute atomic E-state index is 12.1. The van der Waals surface area contributed by atoms with E-state index in [0.717, 1.165) is 10.7 Å². The Hall–Kier alpha value is -1.57. The third-order valence-corrected chi connectivity index (χ3v) is 4.47. The Labute approximate surface area is 141 Å². The number of amides is 1. The van der Waals surface area contributed by atoms with Gasteiger partial charge in [0.15, 0.2) is 0 Å². The van der Waals surface area contributed by atoms with E-state index in [1.54, 1.807) is 18.2 Å². The Bertz CT molecular complexity index is 807. The van der Waals surface area contributed by atoms with E-state index in [0.29, 0.717) is 22.0 Å². The zero-order valence-corrected chi connectivity index (χ0v) is 14.6. The van der Waals surface area contributed by atoms with Crippen molar-refractivity contribution in [2.45, 2.75) is 0 Å². The van der Waals surface area contributed by atoms with Gasteiger partial charge < -0.3 is 5.32 Å². The number of nitrogens with one attached hydrogen (secondary N) is 2. The van der Waals surface area contributed by atoms with Crippen LogP contribution in [0.2, 0.25) is 5.02 Å². The standard InChI is InChI=1S/C14H12BrClN2O3S/c1-22(20,21)18-10-4-2-9(3-5-10)14(19)17-11-6-7-12(15)13(16)8-11/h2-8,18H,1H3,(H,17,19). The van der Waals surface area contributed by atoms with Crippen molar-refractivity contribution in [3.63, 3.8) is 0 Å². The van der Waals surface area contributed by atoms with Crippen molar-refractivity contribution in [1.82, 2.24) is 0 Å². The lowest BCUT2D eigenvalue weighted by molar-refractivity contribution is 0.102. The topological polar surface area (TPSA) is 75.3 Å². The SMILES string of the molecule is CS(=O)(=O)Nc1ccc(C(=O)Nc2ccc(Br)c(Cl)c2)cc1. The first-order chi connectivity index (χ1) is 10.2. The van der Waals surface area contributed by atoms with Gasteiger partial charge in [-0.05, 0) is 58.4 Å². The maximum Gasteiger partial charge on any atom is 0.255 e. The van der Waals surface area contributed by atoms with Crippen LogP contribution in [0.4, 0.5) is 11.4 Å². The molecule has 0 saturated carbocycles. The number of benzene rings is 2. The van der Waals surface area contributed by atoms with Gasteiger partial charge in [0.2, 0.25) is 10.0 Å². The van der Waals surface area contributed by atoms with Gasteiger partial charge in [0.1, 0.15) is 0 Å². The van der Waals surface area contributed by atoms with Gasteiger partial charge in [-0.25, -0.2) is 8.42 Å². The third kappa shape index (κ3) is 4.72. The largest absolute Gasteiger partial charge is 0.322 e. The van der Waals surface area contributed by atoms with Gasteiger partial charge in [-0.2, -0.15) is 0 Å². The molecule has 2 N–H and O–H groups in total. The summed E-state index contributed by atoms with van der Waals surface area (Å²) in [6, 6.07) is 11.2. The summed E-state index contributed by atoms with van der Waals surface area (Å²) < 4.78 is 25.3. The fourth-order valence-electron chi connectivity index (χ4n) is 1.68. The molecule has 0 spiro atoms. The number of carbonyl (C=O) groups is 1. The smallest absolute Gasteiger partial charge is 0.255 e. The zero-order chi connectivity index (χ0) is 16.3. The molecular weight excluding hydrogens is 392 g/mol. The fourth-order valence-corrected chi connectivity index (χ4v) is 2.67. The Morgan fingerprint density at radius 3 is 2.23 bits per heavy atom. The molecule has 0 saturated heterocycles. The summed E-state index contributed by atoms with van der Waals surface area (Å²) in [5.74, 6) is -0.315. The minimum absolute atomic E-state index is 0.315. The Morgan fingerprint density at radius 2 is 1.68 bits per heavy atom. The molecule has 2 aromatic carbocycles. The Morgan fingerprint density at radius 1 is 1.09 bits per heavy atom. The van der Waals surface area contributed by atoms with E-state index in [1.165, 1.54) is 24.3 Å². The van der Waals surface area contributed by atoms with Crippen molar-refractivity contribution in [3.8, 4) is 0 Å². The van der Waals surface area contributed by atoms with Gasteiger partial charge in [-0.15, -0.1) is 0 Å². The molecule has 0 atom stereocenters. The van der Waals surface area contributed by atoms with Crippen LogP contribution >= 0.6 is 27.5 Å². The number of hydrogen-bond donors (Lipinski definition) is 2. The van der Waals surface area contributed by atoms with Gasteiger partial charge in [-0.1, -0.05) is 11.6 Å². The van der Waals surface area contributed by atoms with Crippen LogP contribution in [0.1, 0.15) is 10.4 Å². The second-order valence-electron chi connectivity index (χ2n) is 4.53. The van der Waals surface area contributed by atoms with Crippen LogP contribution in [0, 0.1) is 0 Å². The minimum atomic E-state index is -3.34. The predicted octanol–water partition coefficient (Wildman–Crippen LogP) is 3.73. The van der Waals surface area contributed by atoms with Crippen LogP contribution in [0.25, 0.3) is 0 Å². The summed E-state index contributed by atoms with van der Waals surface area (Å²) in [5.41, 5.74) is 1.36. The molecule has 0 radical (unpaired) electrons. The first kappa shape index (κ1) is 16.8. The molecule has 0 fully saturated rings. The summed E-state index contributed by atoms with van der Waals surface area (Å²) in [7, 11) is -3.34. The van der Waals surface area contributed by atoms with E-state index in [2.05, 4.69) is 26.0 Å². The van der Waals surface area contributed by atoms with Crippen LogP contribution in [0.5, 0.6) is 0 Å². The van der Waals surface area contributed by atoms with Crippen molar-refractivity contribution < 1.29 is 13.2 Å². The maximum atomic E-state index is 12.1. The summed E-state index contributed by atoms with van der Waals surface area (Å²) >= 11 is 9.23. The van der Waals surface area contributed by atoms with Gasteiger partial charge in [0.25, 0.3) is 5.91 Å². The molecule has 1 amide bonds. The first-order valence-corrected chi connectivity index (χ1v) is 9.15. The number of halogens is 2. The zero-order valence-electron chi connectivity index (χ0n) is 11.4. The molecule has 5 nitrogen and oxygen atoms in total. The lowest BCUT2D eigenvalue weighted by Gasteiger charge is -2.08. The van der Waals surface area contributed by atoms with E-state index in [-0.39, 0.29) is 5.91 Å². The van der Waals surface area contributed by atoms with Crippen LogP contribution in [-0.2, 0) is 10.0 Å². The molecule has 0 aromatic heterocycles. The average Bonchev–Trinajstić information content (AvgIpc) is 2.42. The lowest BCUT2D eigenvalue weighted by atomic mass is 10.2. The quantitative estimate of drug-likeness (QED) is 0.817. The number of anilines is 2. The highest BCUT2D eigenvalue weighted by Gasteiger charge is 2.08. The van der Waals surface area contributed by atoms with Gasteiger partial charge in [0.05, 0.1) is 11.3 Å². The molecule has 116 valence electrons. The van der Waals surface area contributed by atoms with Crippen molar-refractivity contribution in [2.75, 3.05) is 16.3 Å². The highest BCUT2D eigenvalue weighted by atomic mass is 79.9. The highest BCUT2D eigenvalue weighted by Crippen LogP contribution is 2.25. The second-order valence-corrected chi connectivity index (χ2v) is 7.54. The Balaban J connectivity index is 2.11. The monoisotopic (exact) mass is 402 g/mol. The van der Waals surface area contributed by atoms with Crippen molar-refractivity contribution >= 4 is 54.8 Å². The summed E-state index contributed by atoms with van der Waals surface area (Å²) in [4.78, 5) is 12.1. The summed E-state index contributed by atoms with van der Waals surface area (Å²) in [6.07, 6.45) is 1.06. The molecule has 0 aliphatic heterocycles. The molecule has 0 bridgehead atoms. The molecule has 0 unspecified atom stereocenters. The van der Waals surface area contributed by atoms with Crippen LogP contribution in [0.3, 0.4) is 0 Å². The van der Waals surface area contributed by atoms with E-state index in [4.69, 9.17) is 11.6 Å². The van der Waals surface area contributed by atoms with Crippen LogP contribution in [-0.4, -0.2) is 20.6 Å².